The Hall–Kier alpha value is -0.450. The summed E-state index contributed by atoms with van der Waals surface area (Å²) in [5.41, 5.74) is 0. The Kier molecular flexibility index (Phi) is 6.02. The lowest BCUT2D eigenvalue weighted by atomic mass is 10.0. The van der Waals surface area contributed by atoms with Crippen molar-refractivity contribution in [2.24, 2.45) is 11.8 Å². The molecular formula is C7H15NO3. The molecule has 0 aromatic heterocycles. The number of hydrogen-bond acceptors (Lipinski definition) is 4. The maximum atomic E-state index is 11.0. The standard InChI is InChI=1S/C7H15NO3/c1-6(3-2-4-9)7(10)5-11-8/h6,9H,2-5,8H2,1H3. The second-order valence-electron chi connectivity index (χ2n) is 2.54. The minimum Gasteiger partial charge on any atom is -0.396 e. The molecule has 0 amide bonds. The fraction of sp³-hybridized carbons (Fsp3) is 0.857. The molecule has 0 aliphatic carbocycles. The molecule has 0 aromatic rings. The van der Waals surface area contributed by atoms with E-state index < -0.39 is 0 Å². The average Bonchev–Trinajstić information content (AvgIpc) is 2.00. The molecular weight excluding hydrogens is 146 g/mol. The number of nitrogens with two attached hydrogens (primary N) is 1. The topological polar surface area (TPSA) is 72.5 Å². The molecule has 4 nitrogen and oxygen atoms in total. The van der Waals surface area contributed by atoms with Gasteiger partial charge >= 0.3 is 0 Å². The minimum atomic E-state index is -0.0642. The summed E-state index contributed by atoms with van der Waals surface area (Å²) < 4.78 is 0. The number of ketones is 1. The molecule has 0 aromatic carbocycles. The van der Waals surface area contributed by atoms with Gasteiger partial charge in [-0.2, -0.15) is 0 Å². The van der Waals surface area contributed by atoms with Crippen molar-refractivity contribution in [1.29, 1.82) is 0 Å². The summed E-state index contributed by atoms with van der Waals surface area (Å²) in [6.45, 7) is 1.89. The van der Waals surface area contributed by atoms with Crippen LogP contribution in [0.15, 0.2) is 0 Å². The first-order chi connectivity index (χ1) is 5.22. The summed E-state index contributed by atoms with van der Waals surface area (Å²) in [5.74, 6) is 4.65. The first-order valence-electron chi connectivity index (χ1n) is 3.67. The summed E-state index contributed by atoms with van der Waals surface area (Å²) in [6.07, 6.45) is 1.34. The van der Waals surface area contributed by atoms with Gasteiger partial charge in [0.15, 0.2) is 5.78 Å². The van der Waals surface area contributed by atoms with Crippen molar-refractivity contribution in [3.8, 4) is 0 Å². The maximum Gasteiger partial charge on any atom is 0.163 e. The molecule has 1 atom stereocenters. The quantitative estimate of drug-likeness (QED) is 0.531. The van der Waals surface area contributed by atoms with E-state index in [0.717, 1.165) is 0 Å². The number of hydrogen-bond donors (Lipinski definition) is 2. The second-order valence-corrected chi connectivity index (χ2v) is 2.54. The van der Waals surface area contributed by atoms with E-state index >= 15 is 0 Å². The Bertz CT molecular complexity index is 116. The Morgan fingerprint density at radius 1 is 1.73 bits per heavy atom. The summed E-state index contributed by atoms with van der Waals surface area (Å²) in [4.78, 5) is 15.2. The number of aliphatic hydroxyl groups excluding tert-OH is 1. The van der Waals surface area contributed by atoms with Crippen LogP contribution in [0.25, 0.3) is 0 Å². The monoisotopic (exact) mass is 161 g/mol. The van der Waals surface area contributed by atoms with Crippen molar-refractivity contribution in [2.75, 3.05) is 13.2 Å². The van der Waals surface area contributed by atoms with E-state index in [0.29, 0.717) is 12.8 Å². The molecule has 66 valence electrons. The maximum absolute atomic E-state index is 11.0. The van der Waals surface area contributed by atoms with Crippen LogP contribution in [0.5, 0.6) is 0 Å². The van der Waals surface area contributed by atoms with Crippen molar-refractivity contribution in [1.82, 2.24) is 0 Å². The zero-order valence-corrected chi connectivity index (χ0v) is 6.75. The Labute approximate surface area is 66.3 Å². The number of Topliss-reactive ketones (excluding diaryl/α,β-unsaturated/α-hetero) is 1. The van der Waals surface area contributed by atoms with Crippen LogP contribution in [-0.4, -0.2) is 24.1 Å². The van der Waals surface area contributed by atoms with Crippen LogP contribution < -0.4 is 5.90 Å². The predicted molar refractivity (Wildman–Crippen MR) is 40.6 cm³/mol. The lowest BCUT2D eigenvalue weighted by Gasteiger charge is -2.07. The lowest BCUT2D eigenvalue weighted by molar-refractivity contribution is -0.127. The number of carbonyl (C=O) groups is 1. The van der Waals surface area contributed by atoms with E-state index in [1.165, 1.54) is 0 Å². The molecule has 0 fully saturated rings. The third kappa shape index (κ3) is 4.89. The second kappa shape index (κ2) is 6.27. The van der Waals surface area contributed by atoms with Gasteiger partial charge < -0.3 is 5.11 Å². The van der Waals surface area contributed by atoms with Crippen LogP contribution in [0.1, 0.15) is 19.8 Å². The highest BCUT2D eigenvalue weighted by atomic mass is 16.6. The molecule has 3 N–H and O–H groups in total. The van der Waals surface area contributed by atoms with Crippen molar-refractivity contribution in [2.45, 2.75) is 19.8 Å². The van der Waals surface area contributed by atoms with Crippen LogP contribution in [0.4, 0.5) is 0 Å². The lowest BCUT2D eigenvalue weighted by Crippen LogP contribution is -2.19. The van der Waals surface area contributed by atoms with Gasteiger partial charge in [-0.05, 0) is 12.8 Å². The van der Waals surface area contributed by atoms with Gasteiger partial charge in [0.05, 0.1) is 0 Å². The van der Waals surface area contributed by atoms with Gasteiger partial charge in [-0.25, -0.2) is 5.90 Å². The van der Waals surface area contributed by atoms with Gasteiger partial charge in [-0.1, -0.05) is 6.92 Å². The van der Waals surface area contributed by atoms with Crippen LogP contribution in [0.2, 0.25) is 0 Å². The van der Waals surface area contributed by atoms with Gasteiger partial charge in [0, 0.05) is 12.5 Å². The predicted octanol–water partition coefficient (Wildman–Crippen LogP) is -0.146. The van der Waals surface area contributed by atoms with Gasteiger partial charge in [-0.3, -0.25) is 9.63 Å². The van der Waals surface area contributed by atoms with Crippen molar-refractivity contribution < 1.29 is 14.7 Å². The zero-order valence-electron chi connectivity index (χ0n) is 6.75. The van der Waals surface area contributed by atoms with E-state index in [-0.39, 0.29) is 24.9 Å². The molecule has 0 aliphatic rings. The molecule has 0 radical (unpaired) electrons. The third-order valence-corrected chi connectivity index (χ3v) is 1.57. The summed E-state index contributed by atoms with van der Waals surface area (Å²) in [7, 11) is 0. The van der Waals surface area contributed by atoms with E-state index in [1.807, 2.05) is 0 Å². The van der Waals surface area contributed by atoms with Crippen LogP contribution in [0.3, 0.4) is 0 Å². The largest absolute Gasteiger partial charge is 0.396 e. The van der Waals surface area contributed by atoms with Gasteiger partial charge in [-0.15, -0.1) is 0 Å². The molecule has 0 saturated heterocycles. The fourth-order valence-corrected chi connectivity index (χ4v) is 0.783. The fourth-order valence-electron chi connectivity index (χ4n) is 0.783. The summed E-state index contributed by atoms with van der Waals surface area (Å²) in [6, 6.07) is 0. The summed E-state index contributed by atoms with van der Waals surface area (Å²) in [5, 5.41) is 8.46. The van der Waals surface area contributed by atoms with Gasteiger partial charge in [0.25, 0.3) is 0 Å². The molecule has 1 unspecified atom stereocenters. The molecule has 0 spiro atoms. The number of aliphatic hydroxyl groups is 1. The van der Waals surface area contributed by atoms with E-state index in [4.69, 9.17) is 11.0 Å². The van der Waals surface area contributed by atoms with E-state index in [1.54, 1.807) is 6.92 Å². The molecule has 0 saturated carbocycles. The average molecular weight is 161 g/mol. The van der Waals surface area contributed by atoms with Crippen LogP contribution in [-0.2, 0) is 9.63 Å². The highest BCUT2D eigenvalue weighted by Crippen LogP contribution is 2.05. The third-order valence-electron chi connectivity index (χ3n) is 1.57. The molecule has 4 heteroatoms. The zero-order chi connectivity index (χ0) is 8.69. The molecule has 0 aliphatic heterocycles. The SMILES string of the molecule is CC(CCCO)C(=O)CON. The molecule has 11 heavy (non-hydrogen) atoms. The van der Waals surface area contributed by atoms with Gasteiger partial charge in [0.1, 0.15) is 6.61 Å². The molecule has 0 bridgehead atoms. The first-order valence-corrected chi connectivity index (χ1v) is 3.67. The van der Waals surface area contributed by atoms with Crippen molar-refractivity contribution in [3.63, 3.8) is 0 Å². The summed E-state index contributed by atoms with van der Waals surface area (Å²) >= 11 is 0. The Balaban J connectivity index is 3.46. The Morgan fingerprint density at radius 2 is 2.36 bits per heavy atom. The number of carbonyl (C=O) groups excluding carboxylic acids is 1. The van der Waals surface area contributed by atoms with Crippen molar-refractivity contribution in [3.05, 3.63) is 0 Å². The van der Waals surface area contributed by atoms with Crippen LogP contribution in [0, 0.1) is 5.92 Å². The normalized spacial score (nSPS) is 13.0. The van der Waals surface area contributed by atoms with E-state index in [9.17, 15) is 4.79 Å². The van der Waals surface area contributed by atoms with Gasteiger partial charge in [0.2, 0.25) is 0 Å². The highest BCUT2D eigenvalue weighted by molar-refractivity contribution is 5.81. The van der Waals surface area contributed by atoms with E-state index in [2.05, 4.69) is 4.84 Å². The highest BCUT2D eigenvalue weighted by Gasteiger charge is 2.11. The minimum absolute atomic E-state index is 0.0130. The smallest absolute Gasteiger partial charge is 0.163 e. The van der Waals surface area contributed by atoms with Crippen LogP contribution >= 0.6 is 0 Å². The first kappa shape index (κ1) is 10.6. The molecule has 0 rings (SSSR count). The molecule has 0 heterocycles. The number of rotatable bonds is 6. The van der Waals surface area contributed by atoms with Crippen molar-refractivity contribution >= 4 is 5.78 Å². The Morgan fingerprint density at radius 3 is 2.82 bits per heavy atom.